The Morgan fingerprint density at radius 3 is 2.68 bits per heavy atom. The lowest BCUT2D eigenvalue weighted by molar-refractivity contribution is -0.136. The van der Waals surface area contributed by atoms with Gasteiger partial charge >= 0.3 is 0 Å². The van der Waals surface area contributed by atoms with E-state index in [0.29, 0.717) is 0 Å². The van der Waals surface area contributed by atoms with E-state index in [-0.39, 0.29) is 36.3 Å². The van der Waals surface area contributed by atoms with E-state index in [1.54, 1.807) is 12.1 Å². The number of hydrogen-bond donors (Lipinski definition) is 1. The first-order chi connectivity index (χ1) is 10.5. The third kappa shape index (κ3) is 2.05. The molecule has 113 valence electrons. The molecule has 0 aliphatic carbocycles. The Balaban J connectivity index is 1.98. The van der Waals surface area contributed by atoms with Gasteiger partial charge in [-0.3, -0.25) is 29.4 Å². The van der Waals surface area contributed by atoms with Crippen LogP contribution in [0.5, 0.6) is 5.75 Å². The molecule has 1 fully saturated rings. The van der Waals surface area contributed by atoms with Gasteiger partial charge in [-0.25, -0.2) is 0 Å². The molecule has 7 nitrogen and oxygen atoms in total. The Morgan fingerprint density at radius 1 is 1.23 bits per heavy atom. The second-order valence-electron chi connectivity index (χ2n) is 4.97. The quantitative estimate of drug-likeness (QED) is 0.811. The summed E-state index contributed by atoms with van der Waals surface area (Å²) in [5, 5.41) is 2.15. The number of nitrogens with one attached hydrogen (secondary N) is 1. The summed E-state index contributed by atoms with van der Waals surface area (Å²) in [7, 11) is 0. The van der Waals surface area contributed by atoms with Gasteiger partial charge in [0.05, 0.1) is 17.7 Å². The number of carbonyl (C=O) groups excluding carboxylic acids is 4. The first kappa shape index (κ1) is 14.2. The molecule has 2 aliphatic rings. The molecule has 2 aliphatic heterocycles. The van der Waals surface area contributed by atoms with Crippen LogP contribution in [0, 0.1) is 6.92 Å². The number of carbonyl (C=O) groups is 4. The molecule has 22 heavy (non-hydrogen) atoms. The third-order valence-electron chi connectivity index (χ3n) is 3.69. The summed E-state index contributed by atoms with van der Waals surface area (Å²) < 4.78 is 5.28. The highest BCUT2D eigenvalue weighted by atomic mass is 16.5. The van der Waals surface area contributed by atoms with Crippen LogP contribution in [-0.4, -0.2) is 41.2 Å². The maximum Gasteiger partial charge on any atom is 0.266 e. The van der Waals surface area contributed by atoms with Crippen molar-refractivity contribution in [2.45, 2.75) is 18.9 Å². The highest BCUT2D eigenvalue weighted by Crippen LogP contribution is 2.33. The second kappa shape index (κ2) is 5.25. The van der Waals surface area contributed by atoms with E-state index < -0.39 is 29.7 Å². The van der Waals surface area contributed by atoms with E-state index in [0.717, 1.165) is 4.90 Å². The summed E-state index contributed by atoms with van der Waals surface area (Å²) in [4.78, 5) is 49.1. The summed E-state index contributed by atoms with van der Waals surface area (Å²) in [5.74, 6) is -1.91. The number of hydrogen-bond acceptors (Lipinski definition) is 5. The van der Waals surface area contributed by atoms with Gasteiger partial charge in [-0.1, -0.05) is 6.07 Å². The highest BCUT2D eigenvalue weighted by molar-refractivity contribution is 6.24. The zero-order chi connectivity index (χ0) is 15.9. The van der Waals surface area contributed by atoms with E-state index >= 15 is 0 Å². The van der Waals surface area contributed by atoms with Crippen LogP contribution in [0.1, 0.15) is 33.6 Å². The van der Waals surface area contributed by atoms with Gasteiger partial charge in [-0.15, -0.1) is 0 Å². The standard InChI is InChI=1S/C15H13N2O5/c1-2-22-10-5-3-4-8-12(10)15(21)17(14(8)20)9-6-7-11(18)16-13(9)19/h3-5,9H,1-2,6-7H2,(H,16,18,19)/t9-/m0/s1. The normalized spacial score (nSPS) is 21.0. The Hall–Kier alpha value is -2.70. The minimum absolute atomic E-state index is 0.0893. The average Bonchev–Trinajstić information content (AvgIpc) is 2.73. The number of benzene rings is 1. The van der Waals surface area contributed by atoms with E-state index in [9.17, 15) is 19.2 Å². The molecule has 0 saturated carbocycles. The minimum Gasteiger partial charge on any atom is -0.493 e. The SMILES string of the molecule is [CH2]COc1cccc2c1C(=O)N([C@H]1CCC(=O)NC1=O)C2=O. The molecule has 1 atom stereocenters. The molecule has 1 aromatic rings. The van der Waals surface area contributed by atoms with Gasteiger partial charge in [0.1, 0.15) is 11.8 Å². The summed E-state index contributed by atoms with van der Waals surface area (Å²) >= 11 is 0. The topological polar surface area (TPSA) is 92.8 Å². The van der Waals surface area contributed by atoms with Crippen LogP contribution in [0.3, 0.4) is 0 Å². The van der Waals surface area contributed by atoms with Crippen molar-refractivity contribution in [1.82, 2.24) is 10.2 Å². The zero-order valence-corrected chi connectivity index (χ0v) is 11.6. The van der Waals surface area contributed by atoms with Gasteiger partial charge in [0, 0.05) is 6.42 Å². The maximum absolute atomic E-state index is 12.6. The maximum atomic E-state index is 12.6. The molecule has 4 amide bonds. The third-order valence-corrected chi connectivity index (χ3v) is 3.69. The van der Waals surface area contributed by atoms with Crippen molar-refractivity contribution in [3.63, 3.8) is 0 Å². The van der Waals surface area contributed by atoms with Gasteiger partial charge in [-0.2, -0.15) is 0 Å². The molecule has 1 aromatic carbocycles. The van der Waals surface area contributed by atoms with Crippen LogP contribution in [-0.2, 0) is 9.59 Å². The van der Waals surface area contributed by atoms with Crippen molar-refractivity contribution in [3.8, 4) is 5.75 Å². The summed E-state index contributed by atoms with van der Waals surface area (Å²) in [6.07, 6.45) is 0.216. The first-order valence-electron chi connectivity index (χ1n) is 6.81. The number of imide groups is 2. The first-order valence-corrected chi connectivity index (χ1v) is 6.81. The molecule has 0 aromatic heterocycles. The average molecular weight is 301 g/mol. The number of ether oxygens (including phenoxy) is 1. The van der Waals surface area contributed by atoms with E-state index in [1.165, 1.54) is 6.07 Å². The van der Waals surface area contributed by atoms with Gasteiger partial charge < -0.3 is 4.74 Å². The lowest BCUT2D eigenvalue weighted by Gasteiger charge is -2.27. The number of amides is 4. The van der Waals surface area contributed by atoms with Crippen molar-refractivity contribution >= 4 is 23.6 Å². The van der Waals surface area contributed by atoms with Crippen LogP contribution < -0.4 is 10.1 Å². The van der Waals surface area contributed by atoms with E-state index in [2.05, 4.69) is 12.2 Å². The van der Waals surface area contributed by atoms with Crippen LogP contribution in [0.15, 0.2) is 18.2 Å². The molecule has 1 radical (unpaired) electrons. The predicted octanol–water partition coefficient (Wildman–Crippen LogP) is 0.301. The molecule has 0 unspecified atom stereocenters. The van der Waals surface area contributed by atoms with Crippen molar-refractivity contribution in [1.29, 1.82) is 0 Å². The second-order valence-corrected chi connectivity index (χ2v) is 4.97. The van der Waals surface area contributed by atoms with Crippen LogP contribution in [0.25, 0.3) is 0 Å². The number of piperidine rings is 1. The number of fused-ring (bicyclic) bond motifs is 1. The highest BCUT2D eigenvalue weighted by Gasteiger charge is 2.45. The Kier molecular flexibility index (Phi) is 3.40. The number of nitrogens with zero attached hydrogens (tertiary/aromatic N) is 1. The fourth-order valence-electron chi connectivity index (χ4n) is 2.71. The lowest BCUT2D eigenvalue weighted by Crippen LogP contribution is -2.54. The molecule has 0 spiro atoms. The van der Waals surface area contributed by atoms with E-state index in [4.69, 9.17) is 4.74 Å². The van der Waals surface area contributed by atoms with Gasteiger partial charge in [-0.05, 0) is 25.5 Å². The molecule has 1 N–H and O–H groups in total. The minimum atomic E-state index is -0.974. The zero-order valence-electron chi connectivity index (χ0n) is 11.6. The Morgan fingerprint density at radius 2 is 2.00 bits per heavy atom. The molecule has 1 saturated heterocycles. The largest absolute Gasteiger partial charge is 0.493 e. The van der Waals surface area contributed by atoms with E-state index in [1.807, 2.05) is 0 Å². The van der Waals surface area contributed by atoms with Crippen molar-refractivity contribution < 1.29 is 23.9 Å². The fraction of sp³-hybridized carbons (Fsp3) is 0.267. The van der Waals surface area contributed by atoms with Crippen LogP contribution >= 0.6 is 0 Å². The molecular weight excluding hydrogens is 288 g/mol. The van der Waals surface area contributed by atoms with Gasteiger partial charge in [0.25, 0.3) is 11.8 Å². The van der Waals surface area contributed by atoms with Crippen LogP contribution in [0.4, 0.5) is 0 Å². The van der Waals surface area contributed by atoms with Crippen molar-refractivity contribution in [2.75, 3.05) is 6.61 Å². The lowest BCUT2D eigenvalue weighted by atomic mass is 10.0. The van der Waals surface area contributed by atoms with Crippen molar-refractivity contribution in [3.05, 3.63) is 36.2 Å². The monoisotopic (exact) mass is 301 g/mol. The summed E-state index contributed by atoms with van der Waals surface area (Å²) in [5.41, 5.74) is 0.335. The van der Waals surface area contributed by atoms with Gasteiger partial charge in [0.2, 0.25) is 11.8 Å². The fourth-order valence-corrected chi connectivity index (χ4v) is 2.71. The molecule has 7 heteroatoms. The smallest absolute Gasteiger partial charge is 0.266 e. The summed E-state index contributed by atoms with van der Waals surface area (Å²) in [6, 6.07) is 3.71. The number of rotatable bonds is 3. The molecular formula is C15H13N2O5. The van der Waals surface area contributed by atoms with Crippen molar-refractivity contribution in [2.24, 2.45) is 0 Å². The molecule has 3 rings (SSSR count). The molecule has 2 heterocycles. The molecule has 0 bridgehead atoms. The Bertz CT molecular complexity index is 697. The Labute approximate surface area is 126 Å². The van der Waals surface area contributed by atoms with Gasteiger partial charge in [0.15, 0.2) is 0 Å². The predicted molar refractivity (Wildman–Crippen MR) is 74.0 cm³/mol. The van der Waals surface area contributed by atoms with Crippen LogP contribution in [0.2, 0.25) is 0 Å². The summed E-state index contributed by atoms with van der Waals surface area (Å²) in [6.45, 7) is 3.65.